The molecule has 0 spiro atoms. The number of halogens is 1. The van der Waals surface area contributed by atoms with E-state index in [1.54, 1.807) is 32.0 Å². The molecule has 2 N–H and O–H groups in total. The number of nitrogens with one attached hydrogen (secondary N) is 2. The lowest BCUT2D eigenvalue weighted by molar-refractivity contribution is -0.119. The Morgan fingerprint density at radius 2 is 1.86 bits per heavy atom. The van der Waals surface area contributed by atoms with Crippen LogP contribution in [0, 0.1) is 12.7 Å². The average molecular weight is 476 g/mol. The molecule has 0 atom stereocenters. The number of pyridine rings is 1. The van der Waals surface area contributed by atoms with Crippen LogP contribution in [-0.4, -0.2) is 41.1 Å². The number of hydrogen-bond donors (Lipinski definition) is 2. The fraction of sp³-hybridized carbons (Fsp3) is 0.160. The maximum Gasteiger partial charge on any atom is 0.339 e. The number of ether oxygens (including phenoxy) is 1. The highest BCUT2D eigenvalue weighted by molar-refractivity contribution is 6.05. The molecular formula is C25H21FN4O5. The Balaban J connectivity index is 1.50. The van der Waals surface area contributed by atoms with Crippen LogP contribution in [0.25, 0.3) is 22.4 Å². The molecule has 0 fully saturated rings. The van der Waals surface area contributed by atoms with Crippen LogP contribution in [0.2, 0.25) is 0 Å². The number of carbonyl (C=O) groups is 3. The number of nitrogens with zero attached hydrogens (tertiary/aromatic N) is 2. The Bertz CT molecular complexity index is 1420. The third-order valence-corrected chi connectivity index (χ3v) is 5.06. The van der Waals surface area contributed by atoms with Crippen LogP contribution >= 0.6 is 0 Å². The number of carbonyl (C=O) groups excluding carboxylic acids is 3. The minimum Gasteiger partial charge on any atom is -0.452 e. The monoisotopic (exact) mass is 476 g/mol. The molecular weight excluding hydrogens is 455 g/mol. The van der Waals surface area contributed by atoms with Gasteiger partial charge < -0.3 is 19.9 Å². The Morgan fingerprint density at radius 3 is 2.60 bits per heavy atom. The van der Waals surface area contributed by atoms with Gasteiger partial charge in [-0.1, -0.05) is 11.2 Å². The fourth-order valence-corrected chi connectivity index (χ4v) is 3.43. The van der Waals surface area contributed by atoms with Crippen LogP contribution in [-0.2, 0) is 9.53 Å². The number of benzene rings is 2. The van der Waals surface area contributed by atoms with Crippen molar-refractivity contribution in [1.82, 2.24) is 15.5 Å². The summed E-state index contributed by atoms with van der Waals surface area (Å²) in [6.07, 6.45) is 0. The molecule has 0 aliphatic carbocycles. The van der Waals surface area contributed by atoms with Gasteiger partial charge in [-0.25, -0.2) is 14.2 Å². The van der Waals surface area contributed by atoms with E-state index in [1.165, 1.54) is 36.4 Å². The predicted molar refractivity (Wildman–Crippen MR) is 125 cm³/mol. The lowest BCUT2D eigenvalue weighted by atomic mass is 10.1. The largest absolute Gasteiger partial charge is 0.452 e. The Kier molecular flexibility index (Phi) is 6.81. The van der Waals surface area contributed by atoms with Crippen molar-refractivity contribution in [1.29, 1.82) is 0 Å². The van der Waals surface area contributed by atoms with E-state index in [0.717, 1.165) is 0 Å². The van der Waals surface area contributed by atoms with Crippen LogP contribution in [0.15, 0.2) is 59.1 Å². The summed E-state index contributed by atoms with van der Waals surface area (Å²) in [5.74, 6) is -2.04. The molecule has 178 valence electrons. The molecule has 0 aliphatic rings. The Morgan fingerprint density at radius 1 is 1.09 bits per heavy atom. The van der Waals surface area contributed by atoms with Gasteiger partial charge in [0.05, 0.1) is 22.3 Å². The molecule has 2 heterocycles. The first-order chi connectivity index (χ1) is 16.9. The molecule has 0 radical (unpaired) electrons. The van der Waals surface area contributed by atoms with Crippen LogP contribution in [0.4, 0.5) is 10.1 Å². The number of hydrogen-bond acceptors (Lipinski definition) is 7. The van der Waals surface area contributed by atoms with Gasteiger partial charge >= 0.3 is 5.97 Å². The molecule has 0 bridgehead atoms. The van der Waals surface area contributed by atoms with Gasteiger partial charge in [-0.05, 0) is 62.4 Å². The van der Waals surface area contributed by atoms with Crippen molar-refractivity contribution in [2.24, 2.45) is 0 Å². The maximum atomic E-state index is 13.3. The molecule has 9 nitrogen and oxygen atoms in total. The molecule has 2 amide bonds. The molecule has 2 aromatic heterocycles. The summed E-state index contributed by atoms with van der Waals surface area (Å²) in [5, 5.41) is 9.49. The number of fused-ring (bicyclic) bond motifs is 1. The second-order valence-corrected chi connectivity index (χ2v) is 7.57. The lowest BCUT2D eigenvalue weighted by Crippen LogP contribution is -2.23. The summed E-state index contributed by atoms with van der Waals surface area (Å²) < 4.78 is 23.8. The summed E-state index contributed by atoms with van der Waals surface area (Å²) >= 11 is 0. The molecule has 2 aromatic carbocycles. The van der Waals surface area contributed by atoms with E-state index in [9.17, 15) is 18.8 Å². The van der Waals surface area contributed by atoms with Gasteiger partial charge in [0.25, 0.3) is 17.5 Å². The van der Waals surface area contributed by atoms with Gasteiger partial charge in [-0.15, -0.1) is 0 Å². The zero-order chi connectivity index (χ0) is 24.9. The van der Waals surface area contributed by atoms with Crippen molar-refractivity contribution in [3.05, 3.63) is 77.2 Å². The topological polar surface area (TPSA) is 123 Å². The van der Waals surface area contributed by atoms with Crippen LogP contribution in [0.1, 0.15) is 33.3 Å². The minimum atomic E-state index is -0.779. The summed E-state index contributed by atoms with van der Waals surface area (Å²) in [7, 11) is 0. The fourth-order valence-electron chi connectivity index (χ4n) is 3.43. The molecule has 0 aliphatic heterocycles. The normalized spacial score (nSPS) is 10.7. The predicted octanol–water partition coefficient (Wildman–Crippen LogP) is 3.88. The molecule has 0 unspecified atom stereocenters. The van der Waals surface area contributed by atoms with Gasteiger partial charge in [0, 0.05) is 23.4 Å². The second-order valence-electron chi connectivity index (χ2n) is 7.57. The third kappa shape index (κ3) is 5.32. The molecule has 10 heteroatoms. The van der Waals surface area contributed by atoms with Crippen LogP contribution in [0.5, 0.6) is 0 Å². The van der Waals surface area contributed by atoms with Gasteiger partial charge in [-0.2, -0.15) is 0 Å². The number of aryl methyl sites for hydroxylation is 1. The minimum absolute atomic E-state index is 0.110. The highest BCUT2D eigenvalue weighted by atomic mass is 19.1. The van der Waals surface area contributed by atoms with Crippen molar-refractivity contribution in [3.63, 3.8) is 0 Å². The zero-order valence-electron chi connectivity index (χ0n) is 18.9. The summed E-state index contributed by atoms with van der Waals surface area (Å²) in [6.45, 7) is 3.36. The maximum absolute atomic E-state index is 13.3. The van der Waals surface area contributed by atoms with E-state index in [4.69, 9.17) is 9.26 Å². The Hall–Kier alpha value is -4.60. The van der Waals surface area contributed by atoms with E-state index in [0.29, 0.717) is 40.1 Å². The quantitative estimate of drug-likeness (QED) is 0.388. The standard InChI is InChI=1S/C25H21FN4O5/c1-3-27-23(32)16-5-4-6-18(11-16)28-21(31)13-34-25(33)19-12-20(15-7-9-17(26)10-8-15)29-24-22(19)14(2)30-35-24/h4-12H,3,13H2,1-2H3,(H,27,32)(H,28,31). The number of aromatic nitrogens is 2. The summed E-state index contributed by atoms with van der Waals surface area (Å²) in [6, 6.07) is 13.5. The first-order valence-corrected chi connectivity index (χ1v) is 10.7. The van der Waals surface area contributed by atoms with Gasteiger partial charge in [0.1, 0.15) is 5.82 Å². The summed E-state index contributed by atoms with van der Waals surface area (Å²) in [5.41, 5.74) is 2.33. The highest BCUT2D eigenvalue weighted by Crippen LogP contribution is 2.27. The molecule has 0 saturated heterocycles. The average Bonchev–Trinajstić information content (AvgIpc) is 3.23. The van der Waals surface area contributed by atoms with Gasteiger partial charge in [0.15, 0.2) is 6.61 Å². The van der Waals surface area contributed by atoms with Crippen LogP contribution in [0.3, 0.4) is 0 Å². The van der Waals surface area contributed by atoms with E-state index < -0.39 is 24.3 Å². The van der Waals surface area contributed by atoms with E-state index >= 15 is 0 Å². The van der Waals surface area contributed by atoms with Gasteiger partial charge in [0.2, 0.25) is 0 Å². The Labute approximate surface area is 199 Å². The smallest absolute Gasteiger partial charge is 0.339 e. The van der Waals surface area contributed by atoms with E-state index in [2.05, 4.69) is 20.8 Å². The second kappa shape index (κ2) is 10.1. The number of amides is 2. The van der Waals surface area contributed by atoms with Gasteiger partial charge in [-0.3, -0.25) is 9.59 Å². The molecule has 0 saturated carbocycles. The lowest BCUT2D eigenvalue weighted by Gasteiger charge is -2.09. The van der Waals surface area contributed by atoms with E-state index in [1.807, 2.05) is 0 Å². The van der Waals surface area contributed by atoms with Crippen molar-refractivity contribution in [2.75, 3.05) is 18.5 Å². The van der Waals surface area contributed by atoms with Crippen molar-refractivity contribution in [2.45, 2.75) is 13.8 Å². The number of anilines is 1. The highest BCUT2D eigenvalue weighted by Gasteiger charge is 2.21. The van der Waals surface area contributed by atoms with Crippen molar-refractivity contribution in [3.8, 4) is 11.3 Å². The number of rotatable bonds is 7. The first kappa shape index (κ1) is 23.6. The molecule has 4 rings (SSSR count). The van der Waals surface area contributed by atoms with E-state index in [-0.39, 0.29) is 17.2 Å². The third-order valence-electron chi connectivity index (χ3n) is 5.06. The molecule has 4 aromatic rings. The molecule has 35 heavy (non-hydrogen) atoms. The van der Waals surface area contributed by atoms with Crippen molar-refractivity contribution >= 4 is 34.6 Å². The SMILES string of the molecule is CCNC(=O)c1cccc(NC(=O)COC(=O)c2cc(-c3ccc(F)cc3)nc3onc(C)c23)c1. The number of esters is 1. The summed E-state index contributed by atoms with van der Waals surface area (Å²) in [4.78, 5) is 41.6. The first-order valence-electron chi connectivity index (χ1n) is 10.7. The van der Waals surface area contributed by atoms with Crippen molar-refractivity contribution < 1.29 is 28.0 Å². The van der Waals surface area contributed by atoms with Crippen LogP contribution < -0.4 is 10.6 Å². The zero-order valence-corrected chi connectivity index (χ0v) is 18.9.